The molecule has 4 heteroatoms. The van der Waals surface area contributed by atoms with E-state index in [4.69, 9.17) is 0 Å². The van der Waals surface area contributed by atoms with Gasteiger partial charge in [0.2, 0.25) is 0 Å². The molecule has 2 aromatic rings. The van der Waals surface area contributed by atoms with E-state index in [1.165, 1.54) is 0 Å². The summed E-state index contributed by atoms with van der Waals surface area (Å²) in [6, 6.07) is 13.7. The zero-order chi connectivity index (χ0) is 12.8. The highest BCUT2D eigenvalue weighted by Gasteiger charge is 2.03. The smallest absolute Gasteiger partial charge is 0.319 e. The summed E-state index contributed by atoms with van der Waals surface area (Å²) >= 11 is 0. The van der Waals surface area contributed by atoms with Crippen molar-refractivity contribution in [3.63, 3.8) is 0 Å². The molecule has 0 fully saturated rings. The number of benzene rings is 2. The number of amides is 2. The van der Waals surface area contributed by atoms with Gasteiger partial charge in [0.25, 0.3) is 0 Å². The Labute approximate surface area is 106 Å². The summed E-state index contributed by atoms with van der Waals surface area (Å²) in [7, 11) is 1.85. The minimum Gasteiger partial charge on any atom is -0.337 e. The summed E-state index contributed by atoms with van der Waals surface area (Å²) in [5.74, 6) is 0. The Hall–Kier alpha value is -2.07. The van der Waals surface area contributed by atoms with Crippen LogP contribution in [0.15, 0.2) is 42.5 Å². The average Bonchev–Trinajstić information content (AvgIpc) is 2.39. The molecule has 3 N–H and O–H groups in total. The van der Waals surface area contributed by atoms with Crippen LogP contribution in [0.5, 0.6) is 0 Å². The Morgan fingerprint density at radius 2 is 1.83 bits per heavy atom. The molecule has 18 heavy (non-hydrogen) atoms. The van der Waals surface area contributed by atoms with Crippen molar-refractivity contribution >= 4 is 22.5 Å². The molecule has 0 aliphatic heterocycles. The van der Waals surface area contributed by atoms with Crippen molar-refractivity contribution in [2.75, 3.05) is 25.5 Å². The molecule has 0 aromatic heterocycles. The van der Waals surface area contributed by atoms with Gasteiger partial charge in [-0.2, -0.15) is 0 Å². The van der Waals surface area contributed by atoms with E-state index < -0.39 is 0 Å². The summed E-state index contributed by atoms with van der Waals surface area (Å²) in [6.45, 7) is 1.36. The van der Waals surface area contributed by atoms with Gasteiger partial charge in [-0.1, -0.05) is 36.4 Å². The molecule has 0 unspecified atom stereocenters. The normalized spacial score (nSPS) is 10.3. The number of carbonyl (C=O) groups is 1. The van der Waals surface area contributed by atoms with E-state index in [9.17, 15) is 4.79 Å². The second-order valence-electron chi connectivity index (χ2n) is 4.01. The predicted octanol–water partition coefficient (Wildman–Crippen LogP) is 2.18. The van der Waals surface area contributed by atoms with E-state index in [-0.39, 0.29) is 6.03 Å². The fourth-order valence-electron chi connectivity index (χ4n) is 1.80. The zero-order valence-corrected chi connectivity index (χ0v) is 10.4. The highest BCUT2D eigenvalue weighted by Crippen LogP contribution is 2.22. The first-order valence-corrected chi connectivity index (χ1v) is 5.98. The minimum atomic E-state index is -0.179. The molecule has 2 amide bonds. The summed E-state index contributed by atoms with van der Waals surface area (Å²) in [5.41, 5.74) is 0.829. The molecular weight excluding hydrogens is 226 g/mol. The van der Waals surface area contributed by atoms with Crippen molar-refractivity contribution in [3.05, 3.63) is 42.5 Å². The third kappa shape index (κ3) is 2.99. The van der Waals surface area contributed by atoms with Crippen LogP contribution in [0.3, 0.4) is 0 Å². The minimum absolute atomic E-state index is 0.179. The summed E-state index contributed by atoms with van der Waals surface area (Å²) < 4.78 is 0. The van der Waals surface area contributed by atoms with Crippen molar-refractivity contribution in [2.24, 2.45) is 0 Å². The highest BCUT2D eigenvalue weighted by molar-refractivity contribution is 6.01. The number of hydrogen-bond acceptors (Lipinski definition) is 2. The summed E-state index contributed by atoms with van der Waals surface area (Å²) in [5, 5.41) is 10.8. The van der Waals surface area contributed by atoms with Crippen molar-refractivity contribution in [2.45, 2.75) is 0 Å². The van der Waals surface area contributed by atoms with Crippen molar-refractivity contribution in [1.29, 1.82) is 0 Å². The topological polar surface area (TPSA) is 53.2 Å². The van der Waals surface area contributed by atoms with Gasteiger partial charge >= 0.3 is 6.03 Å². The summed E-state index contributed by atoms with van der Waals surface area (Å²) in [4.78, 5) is 11.7. The van der Waals surface area contributed by atoms with Crippen LogP contribution < -0.4 is 16.0 Å². The monoisotopic (exact) mass is 243 g/mol. The molecule has 0 saturated heterocycles. The molecular formula is C14H17N3O. The van der Waals surface area contributed by atoms with E-state index in [0.29, 0.717) is 6.54 Å². The predicted molar refractivity (Wildman–Crippen MR) is 74.9 cm³/mol. The van der Waals surface area contributed by atoms with Crippen LogP contribution >= 0.6 is 0 Å². The molecule has 0 atom stereocenters. The first-order valence-electron chi connectivity index (χ1n) is 5.98. The molecule has 0 heterocycles. The number of urea groups is 1. The van der Waals surface area contributed by atoms with Gasteiger partial charge < -0.3 is 16.0 Å². The van der Waals surface area contributed by atoms with Gasteiger partial charge in [-0.3, -0.25) is 0 Å². The van der Waals surface area contributed by atoms with Gasteiger partial charge in [0.15, 0.2) is 0 Å². The Balaban J connectivity index is 2.09. The Morgan fingerprint density at radius 3 is 2.67 bits per heavy atom. The van der Waals surface area contributed by atoms with E-state index in [0.717, 1.165) is 23.0 Å². The first-order chi connectivity index (χ1) is 8.81. The van der Waals surface area contributed by atoms with Gasteiger partial charge in [-0.15, -0.1) is 0 Å². The lowest BCUT2D eigenvalue weighted by molar-refractivity contribution is 0.252. The quantitative estimate of drug-likeness (QED) is 0.721. The van der Waals surface area contributed by atoms with Gasteiger partial charge in [0, 0.05) is 18.5 Å². The van der Waals surface area contributed by atoms with Crippen LogP contribution in [-0.4, -0.2) is 26.2 Å². The number of rotatable bonds is 4. The fourth-order valence-corrected chi connectivity index (χ4v) is 1.80. The second-order valence-corrected chi connectivity index (χ2v) is 4.01. The van der Waals surface area contributed by atoms with Crippen molar-refractivity contribution in [3.8, 4) is 0 Å². The Bertz CT molecular complexity index is 534. The maximum Gasteiger partial charge on any atom is 0.319 e. The fraction of sp³-hybridized carbons (Fsp3) is 0.214. The zero-order valence-electron chi connectivity index (χ0n) is 10.4. The largest absolute Gasteiger partial charge is 0.337 e. The van der Waals surface area contributed by atoms with Crippen LogP contribution in [0.1, 0.15) is 0 Å². The van der Waals surface area contributed by atoms with Gasteiger partial charge in [-0.25, -0.2) is 4.79 Å². The number of anilines is 1. The Kier molecular flexibility index (Phi) is 4.15. The first kappa shape index (κ1) is 12.4. The molecule has 4 nitrogen and oxygen atoms in total. The van der Waals surface area contributed by atoms with Crippen LogP contribution in [-0.2, 0) is 0 Å². The van der Waals surface area contributed by atoms with Crippen LogP contribution in [0.2, 0.25) is 0 Å². The number of hydrogen-bond donors (Lipinski definition) is 3. The highest BCUT2D eigenvalue weighted by atomic mass is 16.2. The summed E-state index contributed by atoms with van der Waals surface area (Å²) in [6.07, 6.45) is 0. The Morgan fingerprint density at radius 1 is 1.06 bits per heavy atom. The van der Waals surface area contributed by atoms with Crippen LogP contribution in [0.4, 0.5) is 10.5 Å². The number of carbonyl (C=O) groups excluding carboxylic acids is 1. The van der Waals surface area contributed by atoms with Gasteiger partial charge in [0.05, 0.1) is 5.69 Å². The van der Waals surface area contributed by atoms with Crippen LogP contribution in [0, 0.1) is 0 Å². The third-order valence-corrected chi connectivity index (χ3v) is 2.70. The van der Waals surface area contributed by atoms with E-state index in [1.807, 2.05) is 49.5 Å². The number of fused-ring (bicyclic) bond motifs is 1. The van der Waals surface area contributed by atoms with Crippen molar-refractivity contribution in [1.82, 2.24) is 10.6 Å². The molecule has 2 aromatic carbocycles. The lowest BCUT2D eigenvalue weighted by Gasteiger charge is -2.09. The third-order valence-electron chi connectivity index (χ3n) is 2.70. The number of nitrogens with one attached hydrogen (secondary N) is 3. The maximum absolute atomic E-state index is 11.7. The molecule has 0 saturated carbocycles. The van der Waals surface area contributed by atoms with Crippen molar-refractivity contribution < 1.29 is 4.79 Å². The number of likely N-dealkylation sites (N-methyl/N-ethyl adjacent to an activating group) is 1. The lowest BCUT2D eigenvalue weighted by atomic mass is 10.1. The molecule has 0 bridgehead atoms. The second kappa shape index (κ2) is 6.02. The lowest BCUT2D eigenvalue weighted by Crippen LogP contribution is -2.33. The van der Waals surface area contributed by atoms with E-state index in [2.05, 4.69) is 16.0 Å². The molecule has 0 spiro atoms. The molecule has 2 rings (SSSR count). The molecule has 0 radical (unpaired) electrons. The maximum atomic E-state index is 11.7. The average molecular weight is 243 g/mol. The van der Waals surface area contributed by atoms with E-state index >= 15 is 0 Å². The SMILES string of the molecule is CNCCNC(=O)Nc1cccc2ccccc12. The van der Waals surface area contributed by atoms with Gasteiger partial charge in [0.1, 0.15) is 0 Å². The molecule has 0 aliphatic rings. The van der Waals surface area contributed by atoms with Gasteiger partial charge in [-0.05, 0) is 18.5 Å². The molecule has 94 valence electrons. The molecule has 0 aliphatic carbocycles. The standard InChI is InChI=1S/C14H17N3O/c1-15-9-10-16-14(18)17-13-8-4-6-11-5-2-3-7-12(11)13/h2-8,15H,9-10H2,1H3,(H2,16,17,18). The van der Waals surface area contributed by atoms with Crippen LogP contribution in [0.25, 0.3) is 10.8 Å². The van der Waals surface area contributed by atoms with E-state index in [1.54, 1.807) is 0 Å².